The summed E-state index contributed by atoms with van der Waals surface area (Å²) < 4.78 is 2.05. The van der Waals surface area contributed by atoms with Crippen LogP contribution in [-0.4, -0.2) is 50.6 Å². The number of hydrogen-bond donors (Lipinski definition) is 1. The fraction of sp³-hybridized carbons (Fsp3) is 0.632. The third-order valence-electron chi connectivity index (χ3n) is 5.68. The van der Waals surface area contributed by atoms with Gasteiger partial charge in [-0.05, 0) is 39.3 Å². The number of guanidine groups is 1. The van der Waals surface area contributed by atoms with Gasteiger partial charge in [0.25, 0.3) is 0 Å². The van der Waals surface area contributed by atoms with Crippen molar-refractivity contribution in [2.45, 2.75) is 53.0 Å². The Morgan fingerprint density at radius 1 is 1.23 bits per heavy atom. The topological polar surface area (TPSA) is 57.8 Å². The monoisotopic (exact) mass is 470 g/mol. The van der Waals surface area contributed by atoms with Crippen LogP contribution in [0.3, 0.4) is 0 Å². The van der Waals surface area contributed by atoms with Crippen molar-refractivity contribution in [1.82, 2.24) is 24.8 Å². The zero-order chi connectivity index (χ0) is 18.1. The highest BCUT2D eigenvalue weighted by atomic mass is 127. The van der Waals surface area contributed by atoms with Crippen LogP contribution in [0.25, 0.3) is 5.65 Å². The highest BCUT2D eigenvalue weighted by molar-refractivity contribution is 14.0. The number of nitrogens with one attached hydrogen (secondary N) is 1. The van der Waals surface area contributed by atoms with Gasteiger partial charge in [0.1, 0.15) is 5.82 Å². The Morgan fingerprint density at radius 2 is 2.00 bits per heavy atom. The standard InChI is InChI=1S/C19H30N6.HI/c1-6-20-17(25-14-18(2,3)19(25,4)5)21-12-9-11-16-23-22-15-10-7-8-13-24(15)16;/h7-8,10,13H,6,9,11-12,14H2,1-5H3,(H,20,21);1H. The van der Waals surface area contributed by atoms with E-state index in [9.17, 15) is 0 Å². The lowest BCUT2D eigenvalue weighted by molar-refractivity contribution is -0.0667. The Balaban J connectivity index is 0.00000243. The number of aryl methyl sites for hydroxylation is 1. The minimum absolute atomic E-state index is 0. The van der Waals surface area contributed by atoms with E-state index in [4.69, 9.17) is 4.99 Å². The van der Waals surface area contributed by atoms with Crippen molar-refractivity contribution in [3.05, 3.63) is 30.2 Å². The molecule has 1 N–H and O–H groups in total. The van der Waals surface area contributed by atoms with E-state index in [1.807, 2.05) is 24.4 Å². The van der Waals surface area contributed by atoms with Gasteiger partial charge in [-0.2, -0.15) is 0 Å². The second-order valence-electron chi connectivity index (χ2n) is 7.91. The fourth-order valence-electron chi connectivity index (χ4n) is 3.28. The van der Waals surface area contributed by atoms with Gasteiger partial charge in [-0.1, -0.05) is 19.9 Å². The van der Waals surface area contributed by atoms with E-state index in [-0.39, 0.29) is 29.5 Å². The van der Waals surface area contributed by atoms with Gasteiger partial charge in [0, 0.05) is 43.2 Å². The summed E-state index contributed by atoms with van der Waals surface area (Å²) in [6, 6.07) is 5.97. The predicted molar refractivity (Wildman–Crippen MR) is 117 cm³/mol. The molecular weight excluding hydrogens is 439 g/mol. The SMILES string of the molecule is CCNC(=NCCCc1nnc2ccccn12)N1CC(C)(C)C1(C)C.I. The van der Waals surface area contributed by atoms with Crippen molar-refractivity contribution in [2.24, 2.45) is 10.4 Å². The molecule has 7 heteroatoms. The van der Waals surface area contributed by atoms with Gasteiger partial charge in [0.15, 0.2) is 11.6 Å². The Morgan fingerprint density at radius 3 is 2.65 bits per heavy atom. The lowest BCUT2D eigenvalue weighted by Gasteiger charge is -2.62. The lowest BCUT2D eigenvalue weighted by Crippen LogP contribution is -2.72. The molecule has 0 spiro atoms. The first-order chi connectivity index (χ1) is 11.9. The quantitative estimate of drug-likeness (QED) is 0.315. The van der Waals surface area contributed by atoms with Gasteiger partial charge in [0.05, 0.1) is 0 Å². The van der Waals surface area contributed by atoms with Crippen LogP contribution in [0.1, 0.15) is 46.9 Å². The molecule has 0 bridgehead atoms. The highest BCUT2D eigenvalue weighted by Gasteiger charge is 2.53. The largest absolute Gasteiger partial charge is 0.356 e. The molecule has 6 nitrogen and oxygen atoms in total. The van der Waals surface area contributed by atoms with E-state index in [0.29, 0.717) is 5.41 Å². The zero-order valence-electron chi connectivity index (χ0n) is 16.5. The summed E-state index contributed by atoms with van der Waals surface area (Å²) in [4.78, 5) is 7.24. The van der Waals surface area contributed by atoms with Gasteiger partial charge in [0.2, 0.25) is 0 Å². The number of aromatic nitrogens is 3. The van der Waals surface area contributed by atoms with Gasteiger partial charge >= 0.3 is 0 Å². The minimum Gasteiger partial charge on any atom is -0.356 e. The van der Waals surface area contributed by atoms with Crippen LogP contribution in [0.2, 0.25) is 0 Å². The number of nitrogens with zero attached hydrogens (tertiary/aromatic N) is 5. The molecule has 0 aliphatic carbocycles. The molecule has 3 rings (SSSR count). The second kappa shape index (κ2) is 8.10. The van der Waals surface area contributed by atoms with Crippen molar-refractivity contribution in [1.29, 1.82) is 0 Å². The molecule has 2 aromatic heterocycles. The smallest absolute Gasteiger partial charge is 0.194 e. The highest BCUT2D eigenvalue weighted by Crippen LogP contribution is 2.46. The first-order valence-corrected chi connectivity index (χ1v) is 9.21. The lowest BCUT2D eigenvalue weighted by atomic mass is 9.65. The molecule has 1 fully saturated rings. The van der Waals surface area contributed by atoms with Crippen LogP contribution >= 0.6 is 24.0 Å². The third kappa shape index (κ3) is 3.82. The summed E-state index contributed by atoms with van der Waals surface area (Å²) in [5, 5.41) is 11.9. The van der Waals surface area contributed by atoms with E-state index in [1.54, 1.807) is 0 Å². The van der Waals surface area contributed by atoms with Crippen molar-refractivity contribution in [3.63, 3.8) is 0 Å². The average molecular weight is 470 g/mol. The molecule has 1 saturated heterocycles. The summed E-state index contributed by atoms with van der Waals surface area (Å²) in [5.41, 5.74) is 1.33. The van der Waals surface area contributed by atoms with Gasteiger partial charge < -0.3 is 10.2 Å². The summed E-state index contributed by atoms with van der Waals surface area (Å²) in [6.07, 6.45) is 3.86. The maximum Gasteiger partial charge on any atom is 0.194 e. The molecule has 144 valence electrons. The Labute approximate surface area is 173 Å². The number of likely N-dealkylation sites (tertiary alicyclic amines) is 1. The molecule has 26 heavy (non-hydrogen) atoms. The number of halogens is 1. The molecule has 0 aromatic carbocycles. The Bertz CT molecular complexity index is 764. The summed E-state index contributed by atoms with van der Waals surface area (Å²) in [6.45, 7) is 14.1. The molecule has 0 radical (unpaired) electrons. The Hall–Kier alpha value is -1.38. The third-order valence-corrected chi connectivity index (χ3v) is 5.68. The van der Waals surface area contributed by atoms with Gasteiger partial charge in [-0.25, -0.2) is 0 Å². The van der Waals surface area contributed by atoms with Crippen LogP contribution in [0, 0.1) is 5.41 Å². The first-order valence-electron chi connectivity index (χ1n) is 9.21. The van der Waals surface area contributed by atoms with Crippen molar-refractivity contribution < 1.29 is 0 Å². The molecule has 0 amide bonds. The molecule has 0 saturated carbocycles. The molecule has 3 heterocycles. The first kappa shape index (κ1) is 20.9. The van der Waals surface area contributed by atoms with Gasteiger partial charge in [-0.3, -0.25) is 9.39 Å². The summed E-state index contributed by atoms with van der Waals surface area (Å²) >= 11 is 0. The van der Waals surface area contributed by atoms with Crippen LogP contribution in [-0.2, 0) is 6.42 Å². The van der Waals surface area contributed by atoms with E-state index < -0.39 is 0 Å². The van der Waals surface area contributed by atoms with E-state index >= 15 is 0 Å². The maximum absolute atomic E-state index is 4.85. The number of hydrogen-bond acceptors (Lipinski definition) is 3. The van der Waals surface area contributed by atoms with Crippen molar-refractivity contribution >= 4 is 35.6 Å². The molecule has 1 aliphatic heterocycles. The molecule has 1 aliphatic rings. The number of pyridine rings is 1. The molecular formula is C19H31IN6. The van der Waals surface area contributed by atoms with Crippen molar-refractivity contribution in [3.8, 4) is 0 Å². The van der Waals surface area contributed by atoms with Crippen LogP contribution in [0.4, 0.5) is 0 Å². The van der Waals surface area contributed by atoms with Crippen LogP contribution < -0.4 is 5.32 Å². The number of fused-ring (bicyclic) bond motifs is 1. The van der Waals surface area contributed by atoms with Crippen molar-refractivity contribution in [2.75, 3.05) is 19.6 Å². The summed E-state index contributed by atoms with van der Waals surface area (Å²) in [7, 11) is 0. The zero-order valence-corrected chi connectivity index (χ0v) is 18.8. The normalized spacial score (nSPS) is 18.3. The van der Waals surface area contributed by atoms with Gasteiger partial charge in [-0.15, -0.1) is 34.2 Å². The number of aliphatic imine (C=N–C) groups is 1. The minimum atomic E-state index is 0. The summed E-state index contributed by atoms with van der Waals surface area (Å²) in [5.74, 6) is 2.03. The van der Waals surface area contributed by atoms with Crippen LogP contribution in [0.15, 0.2) is 29.4 Å². The fourth-order valence-corrected chi connectivity index (χ4v) is 3.28. The molecule has 0 atom stereocenters. The number of rotatable bonds is 5. The van der Waals surface area contributed by atoms with Crippen LogP contribution in [0.5, 0.6) is 0 Å². The molecule has 0 unspecified atom stereocenters. The van der Waals surface area contributed by atoms with E-state index in [1.165, 1.54) is 0 Å². The Kier molecular flexibility index (Phi) is 6.52. The second-order valence-corrected chi connectivity index (χ2v) is 7.91. The molecule has 2 aromatic rings. The predicted octanol–water partition coefficient (Wildman–Crippen LogP) is 3.37. The van der Waals surface area contributed by atoms with E-state index in [0.717, 1.165) is 49.9 Å². The average Bonchev–Trinajstić information content (AvgIpc) is 2.99. The van der Waals surface area contributed by atoms with E-state index in [2.05, 4.69) is 59.4 Å². The maximum atomic E-state index is 4.85.